The first kappa shape index (κ1) is 19.6. The number of benzene rings is 2. The molecule has 3 rings (SSSR count). The number of amides is 1. The molecule has 6 heteroatoms. The van der Waals surface area contributed by atoms with Crippen molar-refractivity contribution in [2.24, 2.45) is 0 Å². The van der Waals surface area contributed by atoms with Gasteiger partial charge in [-0.3, -0.25) is 4.79 Å². The van der Waals surface area contributed by atoms with Gasteiger partial charge in [-0.15, -0.1) is 0 Å². The molecule has 0 bridgehead atoms. The predicted molar refractivity (Wildman–Crippen MR) is 109 cm³/mol. The molecule has 2 aromatic carbocycles. The number of ether oxygens (including phenoxy) is 1. The Morgan fingerprint density at radius 3 is 2.48 bits per heavy atom. The molecule has 0 atom stereocenters. The smallest absolute Gasteiger partial charge is 0.338 e. The first-order valence-corrected chi connectivity index (χ1v) is 8.79. The Morgan fingerprint density at radius 1 is 1.07 bits per heavy atom. The quantitative estimate of drug-likeness (QED) is 0.393. The summed E-state index contributed by atoms with van der Waals surface area (Å²) in [6, 6.07) is 19.3. The van der Waals surface area contributed by atoms with Crippen LogP contribution in [0.15, 0.2) is 70.7 Å². The lowest BCUT2D eigenvalue weighted by Gasteiger charge is -2.05. The summed E-state index contributed by atoms with van der Waals surface area (Å²) in [4.78, 5) is 24.3. The van der Waals surface area contributed by atoms with Crippen LogP contribution in [0.2, 0.25) is 0 Å². The predicted octanol–water partition coefficient (Wildman–Crippen LogP) is 4.59. The first-order chi connectivity index (χ1) is 14.0. The van der Waals surface area contributed by atoms with Gasteiger partial charge in [0.1, 0.15) is 23.2 Å². The third kappa shape index (κ3) is 4.60. The Hall–Kier alpha value is -4.11. The van der Waals surface area contributed by atoms with Crippen molar-refractivity contribution in [3.8, 4) is 17.4 Å². The van der Waals surface area contributed by atoms with Gasteiger partial charge in [0.15, 0.2) is 0 Å². The molecular weight excluding hydrogens is 368 g/mol. The van der Waals surface area contributed by atoms with Gasteiger partial charge in [-0.2, -0.15) is 5.26 Å². The minimum Gasteiger partial charge on any atom is -0.465 e. The number of carbonyl (C=O) groups is 2. The Morgan fingerprint density at radius 2 is 1.79 bits per heavy atom. The van der Waals surface area contributed by atoms with E-state index in [1.54, 1.807) is 48.5 Å². The molecule has 0 aliphatic heterocycles. The molecule has 0 radical (unpaired) electrons. The number of nitrogens with zero attached hydrogens (tertiary/aromatic N) is 1. The molecule has 29 heavy (non-hydrogen) atoms. The van der Waals surface area contributed by atoms with E-state index in [0.29, 0.717) is 28.3 Å². The highest BCUT2D eigenvalue weighted by Gasteiger charge is 2.16. The van der Waals surface area contributed by atoms with Gasteiger partial charge in [0, 0.05) is 17.3 Å². The summed E-state index contributed by atoms with van der Waals surface area (Å²) in [6.45, 7) is 1.94. The van der Waals surface area contributed by atoms with Crippen molar-refractivity contribution in [3.05, 3.63) is 83.1 Å². The van der Waals surface area contributed by atoms with Gasteiger partial charge in [0.25, 0.3) is 5.91 Å². The third-order valence-corrected chi connectivity index (χ3v) is 4.19. The molecule has 6 nitrogen and oxygen atoms in total. The van der Waals surface area contributed by atoms with Crippen LogP contribution in [0.5, 0.6) is 0 Å². The summed E-state index contributed by atoms with van der Waals surface area (Å²) in [6.07, 6.45) is 1.35. The fourth-order valence-electron chi connectivity index (χ4n) is 2.69. The maximum Gasteiger partial charge on any atom is 0.338 e. The number of nitriles is 1. The molecular formula is C23H18N2O4. The molecule has 1 amide bonds. The number of hydrogen-bond acceptors (Lipinski definition) is 5. The monoisotopic (exact) mass is 386 g/mol. The average molecular weight is 386 g/mol. The molecule has 1 aromatic heterocycles. The number of methoxy groups -OCH3 is 1. The van der Waals surface area contributed by atoms with E-state index in [1.807, 2.05) is 25.1 Å². The van der Waals surface area contributed by atoms with E-state index in [1.165, 1.54) is 13.2 Å². The van der Waals surface area contributed by atoms with E-state index in [4.69, 9.17) is 9.15 Å². The van der Waals surface area contributed by atoms with Gasteiger partial charge in [-0.25, -0.2) is 4.79 Å². The SMILES string of the molecule is COC(=O)c1ccccc1-c1ccc(/C=C(\C#N)C(=O)Nc2ccc(C)cc2)o1. The number of anilines is 1. The minimum absolute atomic E-state index is 0.104. The first-order valence-electron chi connectivity index (χ1n) is 8.79. The second-order valence-corrected chi connectivity index (χ2v) is 6.23. The fraction of sp³-hybridized carbons (Fsp3) is 0.0870. The summed E-state index contributed by atoms with van der Waals surface area (Å²) in [5.74, 6) is -0.280. The van der Waals surface area contributed by atoms with Gasteiger partial charge < -0.3 is 14.5 Å². The van der Waals surface area contributed by atoms with Crippen molar-refractivity contribution in [2.75, 3.05) is 12.4 Å². The molecule has 0 fully saturated rings. The molecule has 0 saturated heterocycles. The van der Waals surface area contributed by atoms with Crippen molar-refractivity contribution in [1.82, 2.24) is 0 Å². The van der Waals surface area contributed by atoms with Crippen LogP contribution in [0.4, 0.5) is 5.69 Å². The van der Waals surface area contributed by atoms with Crippen LogP contribution in [0, 0.1) is 18.3 Å². The zero-order valence-corrected chi connectivity index (χ0v) is 15.9. The molecule has 0 unspecified atom stereocenters. The number of furan rings is 1. The van der Waals surface area contributed by atoms with Crippen molar-refractivity contribution >= 4 is 23.6 Å². The maximum atomic E-state index is 12.4. The highest BCUT2D eigenvalue weighted by molar-refractivity contribution is 6.09. The third-order valence-electron chi connectivity index (χ3n) is 4.19. The Balaban J connectivity index is 1.85. The Kier molecular flexibility index (Phi) is 5.91. The van der Waals surface area contributed by atoms with Crippen molar-refractivity contribution in [3.63, 3.8) is 0 Å². The van der Waals surface area contributed by atoms with Gasteiger partial charge in [0.05, 0.1) is 12.7 Å². The summed E-state index contributed by atoms with van der Waals surface area (Å²) >= 11 is 0. The van der Waals surface area contributed by atoms with Gasteiger partial charge in [-0.05, 0) is 37.3 Å². The molecule has 0 saturated carbocycles. The van der Waals surface area contributed by atoms with Crippen molar-refractivity contribution < 1.29 is 18.7 Å². The lowest BCUT2D eigenvalue weighted by Crippen LogP contribution is -2.13. The average Bonchev–Trinajstić information content (AvgIpc) is 3.21. The molecule has 0 aliphatic carbocycles. The lowest BCUT2D eigenvalue weighted by molar-refractivity contribution is -0.112. The van der Waals surface area contributed by atoms with Crippen LogP contribution >= 0.6 is 0 Å². The molecule has 3 aromatic rings. The normalized spacial score (nSPS) is 10.9. The highest BCUT2D eigenvalue weighted by atomic mass is 16.5. The van der Waals surface area contributed by atoms with E-state index in [9.17, 15) is 14.9 Å². The van der Waals surface area contributed by atoms with Crippen LogP contribution < -0.4 is 5.32 Å². The molecule has 0 spiro atoms. The number of esters is 1. The van der Waals surface area contributed by atoms with E-state index in [2.05, 4.69) is 5.32 Å². The van der Waals surface area contributed by atoms with E-state index >= 15 is 0 Å². The van der Waals surface area contributed by atoms with Crippen molar-refractivity contribution in [1.29, 1.82) is 5.26 Å². The second kappa shape index (κ2) is 8.72. The minimum atomic E-state index is -0.538. The van der Waals surface area contributed by atoms with Gasteiger partial charge in [-0.1, -0.05) is 35.9 Å². The molecule has 144 valence electrons. The molecule has 0 aliphatic rings. The van der Waals surface area contributed by atoms with E-state index < -0.39 is 11.9 Å². The second-order valence-electron chi connectivity index (χ2n) is 6.23. The van der Waals surface area contributed by atoms with Gasteiger partial charge >= 0.3 is 5.97 Å². The molecule has 1 heterocycles. The topological polar surface area (TPSA) is 92.3 Å². The number of carbonyl (C=O) groups excluding carboxylic acids is 2. The van der Waals surface area contributed by atoms with E-state index in [-0.39, 0.29) is 5.57 Å². The lowest BCUT2D eigenvalue weighted by atomic mass is 10.1. The Labute approximate surface area is 168 Å². The van der Waals surface area contributed by atoms with Crippen LogP contribution in [0.25, 0.3) is 17.4 Å². The van der Waals surface area contributed by atoms with Crippen molar-refractivity contribution in [2.45, 2.75) is 6.92 Å². The Bertz CT molecular complexity index is 1120. The number of aryl methyl sites for hydroxylation is 1. The zero-order valence-electron chi connectivity index (χ0n) is 15.9. The van der Waals surface area contributed by atoms with Gasteiger partial charge in [0.2, 0.25) is 0 Å². The number of rotatable bonds is 5. The standard InChI is InChI=1S/C23H18N2O4/c1-15-7-9-17(10-8-15)25-22(26)16(14-24)13-18-11-12-21(29-18)19-5-3-4-6-20(19)23(27)28-2/h3-13H,1-2H3,(H,25,26)/b16-13+. The van der Waals surface area contributed by atoms with E-state index in [0.717, 1.165) is 5.56 Å². The number of nitrogens with one attached hydrogen (secondary N) is 1. The summed E-state index contributed by atoms with van der Waals surface area (Å²) in [5.41, 5.74) is 2.47. The molecule has 1 N–H and O–H groups in total. The van der Waals surface area contributed by atoms with Crippen LogP contribution in [-0.4, -0.2) is 19.0 Å². The highest BCUT2D eigenvalue weighted by Crippen LogP contribution is 2.27. The number of hydrogen-bond donors (Lipinski definition) is 1. The van der Waals surface area contributed by atoms with Crippen LogP contribution in [0.3, 0.4) is 0 Å². The zero-order chi connectivity index (χ0) is 20.8. The maximum absolute atomic E-state index is 12.4. The largest absolute Gasteiger partial charge is 0.465 e. The van der Waals surface area contributed by atoms with Crippen LogP contribution in [0.1, 0.15) is 21.7 Å². The summed E-state index contributed by atoms with van der Waals surface area (Å²) < 4.78 is 10.5. The summed E-state index contributed by atoms with van der Waals surface area (Å²) in [7, 11) is 1.31. The van der Waals surface area contributed by atoms with Crippen LogP contribution in [-0.2, 0) is 9.53 Å². The fourth-order valence-corrected chi connectivity index (χ4v) is 2.69. The summed E-state index contributed by atoms with van der Waals surface area (Å²) in [5, 5.41) is 12.0.